The molecule has 0 bridgehead atoms. The Balaban J connectivity index is 0.00000148. The summed E-state index contributed by atoms with van der Waals surface area (Å²) in [5, 5.41) is 29.3. The number of carbonyl (C=O) groups is 1. The van der Waals surface area contributed by atoms with Crippen molar-refractivity contribution in [2.24, 2.45) is 23.2 Å². The fourth-order valence-corrected chi connectivity index (χ4v) is 7.02. The number of rotatable bonds is 2. The second-order valence-corrected chi connectivity index (χ2v) is 10.5. The number of aliphatic hydroxyl groups excluding tert-OH is 3. The molecule has 8 atom stereocenters. The van der Waals surface area contributed by atoms with E-state index >= 15 is 0 Å². The van der Waals surface area contributed by atoms with Gasteiger partial charge < -0.3 is 29.2 Å². The number of aliphatic hydroxyl groups is 3. The van der Waals surface area contributed by atoms with Crippen LogP contribution in [0.5, 0.6) is 5.75 Å². The number of nitrogens with zero attached hydrogens (tertiary/aromatic N) is 1. The summed E-state index contributed by atoms with van der Waals surface area (Å²) in [6.07, 6.45) is 2.65. The first-order chi connectivity index (χ1) is 17.1. The van der Waals surface area contributed by atoms with E-state index in [9.17, 15) is 19.8 Å². The van der Waals surface area contributed by atoms with Gasteiger partial charge in [0.2, 0.25) is 0 Å². The number of carbonyl (C=O) groups excluding carboxylic acids is 1. The van der Waals surface area contributed by atoms with E-state index in [1.54, 1.807) is 30.6 Å². The molecule has 36 heavy (non-hydrogen) atoms. The number of aromatic nitrogens is 1. The average molecular weight is 502 g/mol. The molecule has 2 fully saturated rings. The van der Waals surface area contributed by atoms with Gasteiger partial charge in [0.15, 0.2) is 0 Å². The lowest BCUT2D eigenvalue weighted by Crippen LogP contribution is -2.69. The molecule has 0 spiro atoms. The Labute approximate surface area is 210 Å². The van der Waals surface area contributed by atoms with Gasteiger partial charge in [-0.1, -0.05) is 13.8 Å². The largest absolute Gasteiger partial charge is 0.482 e. The van der Waals surface area contributed by atoms with Crippen LogP contribution in [0.3, 0.4) is 0 Å². The highest BCUT2D eigenvalue weighted by Crippen LogP contribution is 2.64. The molecule has 9 nitrogen and oxygen atoms in total. The predicted octanol–water partition coefficient (Wildman–Crippen LogP) is 2.86. The molecule has 5 rings (SSSR count). The first-order valence-corrected chi connectivity index (χ1v) is 12.3. The van der Waals surface area contributed by atoms with Gasteiger partial charge in [0.1, 0.15) is 28.8 Å². The third-order valence-electron chi connectivity index (χ3n) is 8.65. The molecule has 2 aliphatic carbocycles. The zero-order chi connectivity index (χ0) is 26.4. The SMILES string of the molecule is CC(=O)OC1CC2C(C)C(O)CCC2(C)C2C(O)c3c(cc(-c4cccnc4)oc3=O)OC12C.CO. The molecular weight excluding hydrogens is 466 g/mol. The van der Waals surface area contributed by atoms with E-state index < -0.39 is 46.8 Å². The highest BCUT2D eigenvalue weighted by Gasteiger charge is 2.67. The van der Waals surface area contributed by atoms with Crippen LogP contribution in [-0.4, -0.2) is 51.2 Å². The Bertz CT molecular complexity index is 1170. The third-order valence-corrected chi connectivity index (χ3v) is 8.65. The molecule has 8 unspecified atom stereocenters. The molecule has 0 radical (unpaired) electrons. The van der Waals surface area contributed by atoms with Crippen LogP contribution in [0.1, 0.15) is 58.6 Å². The molecule has 3 aliphatic rings. The van der Waals surface area contributed by atoms with Gasteiger partial charge in [-0.2, -0.15) is 0 Å². The molecule has 1 aliphatic heterocycles. The van der Waals surface area contributed by atoms with Gasteiger partial charge >= 0.3 is 11.6 Å². The highest BCUT2D eigenvalue weighted by atomic mass is 16.6. The summed E-state index contributed by atoms with van der Waals surface area (Å²) < 4.78 is 17.9. The van der Waals surface area contributed by atoms with Crippen molar-refractivity contribution < 1.29 is 34.0 Å². The molecule has 0 amide bonds. The van der Waals surface area contributed by atoms with Gasteiger partial charge in [0.25, 0.3) is 0 Å². The molecule has 2 aromatic rings. The van der Waals surface area contributed by atoms with Crippen molar-refractivity contribution in [1.29, 1.82) is 0 Å². The number of hydrogen-bond donors (Lipinski definition) is 3. The number of hydrogen-bond acceptors (Lipinski definition) is 9. The summed E-state index contributed by atoms with van der Waals surface area (Å²) in [5.41, 5.74) is -1.50. The lowest BCUT2D eigenvalue weighted by Gasteiger charge is -2.63. The highest BCUT2D eigenvalue weighted by molar-refractivity contribution is 5.66. The Morgan fingerprint density at radius 3 is 2.61 bits per heavy atom. The smallest absolute Gasteiger partial charge is 0.345 e. The minimum atomic E-state index is -1.18. The van der Waals surface area contributed by atoms with Gasteiger partial charge in [0, 0.05) is 44.0 Å². The van der Waals surface area contributed by atoms with Gasteiger partial charge in [-0.3, -0.25) is 9.78 Å². The molecule has 2 aromatic heterocycles. The van der Waals surface area contributed by atoms with Crippen molar-refractivity contribution >= 4 is 5.97 Å². The van der Waals surface area contributed by atoms with E-state index in [1.807, 2.05) is 13.8 Å². The standard InChI is InChI=1S/C26H31NO7.CH4O/c1-13-16-10-20(32-14(2)28)26(4)23(25(16,3)8-7-17(13)29)22(30)21-19(34-26)11-18(33-24(21)31)15-6-5-9-27-12-15;1-2/h5-6,9,11-13,16-17,20,22-23,29-30H,7-8,10H2,1-4H3;2H,1H3. The summed E-state index contributed by atoms with van der Waals surface area (Å²) in [5.74, 6) is -0.559. The van der Waals surface area contributed by atoms with Crippen LogP contribution < -0.4 is 10.4 Å². The van der Waals surface area contributed by atoms with E-state index in [0.29, 0.717) is 24.8 Å². The van der Waals surface area contributed by atoms with Gasteiger partial charge in [0.05, 0.1) is 12.2 Å². The fourth-order valence-electron chi connectivity index (χ4n) is 7.02. The van der Waals surface area contributed by atoms with Crippen molar-refractivity contribution in [3.05, 3.63) is 46.6 Å². The molecule has 3 N–H and O–H groups in total. The summed E-state index contributed by atoms with van der Waals surface area (Å²) in [7, 11) is 1.00. The maximum absolute atomic E-state index is 13.1. The summed E-state index contributed by atoms with van der Waals surface area (Å²) >= 11 is 0. The number of ether oxygens (including phenoxy) is 2. The maximum Gasteiger partial charge on any atom is 0.345 e. The van der Waals surface area contributed by atoms with Crippen LogP contribution in [0.25, 0.3) is 11.3 Å². The maximum atomic E-state index is 13.1. The number of pyridine rings is 1. The molecule has 2 saturated carbocycles. The summed E-state index contributed by atoms with van der Waals surface area (Å²) in [6, 6.07) is 5.11. The van der Waals surface area contributed by atoms with E-state index in [4.69, 9.17) is 19.0 Å². The second-order valence-electron chi connectivity index (χ2n) is 10.5. The molecule has 9 heteroatoms. The Morgan fingerprint density at radius 1 is 1.25 bits per heavy atom. The lowest BCUT2D eigenvalue weighted by molar-refractivity contribution is -0.248. The number of fused-ring (bicyclic) bond motifs is 4. The Kier molecular flexibility index (Phi) is 7.02. The van der Waals surface area contributed by atoms with E-state index in [-0.39, 0.29) is 28.9 Å². The van der Waals surface area contributed by atoms with Crippen molar-refractivity contribution in [3.63, 3.8) is 0 Å². The van der Waals surface area contributed by atoms with Gasteiger partial charge in [-0.25, -0.2) is 4.79 Å². The van der Waals surface area contributed by atoms with Gasteiger partial charge in [-0.05, 0) is 55.6 Å². The molecule has 0 aromatic carbocycles. The van der Waals surface area contributed by atoms with Crippen molar-refractivity contribution in [2.45, 2.75) is 70.9 Å². The minimum absolute atomic E-state index is 0.0276. The summed E-state index contributed by atoms with van der Waals surface area (Å²) in [6.45, 7) is 7.30. The van der Waals surface area contributed by atoms with E-state index in [0.717, 1.165) is 7.11 Å². The topological polar surface area (TPSA) is 139 Å². The first kappa shape index (κ1) is 26.3. The van der Waals surface area contributed by atoms with Crippen molar-refractivity contribution in [3.8, 4) is 17.1 Å². The minimum Gasteiger partial charge on any atom is -0.482 e. The van der Waals surface area contributed by atoms with Crippen LogP contribution in [0, 0.1) is 23.2 Å². The quantitative estimate of drug-likeness (QED) is 0.530. The van der Waals surface area contributed by atoms with E-state index in [2.05, 4.69) is 11.9 Å². The monoisotopic (exact) mass is 501 g/mol. The van der Waals surface area contributed by atoms with Crippen LogP contribution >= 0.6 is 0 Å². The lowest BCUT2D eigenvalue weighted by atomic mass is 9.46. The van der Waals surface area contributed by atoms with Crippen molar-refractivity contribution in [2.75, 3.05) is 7.11 Å². The molecule has 196 valence electrons. The van der Waals surface area contributed by atoms with Crippen LogP contribution in [0.15, 0.2) is 39.8 Å². The van der Waals surface area contributed by atoms with Crippen molar-refractivity contribution in [1.82, 2.24) is 4.98 Å². The summed E-state index contributed by atoms with van der Waals surface area (Å²) in [4.78, 5) is 29.3. The molecular formula is C27H35NO8. The normalized spacial score (nSPS) is 36.7. The first-order valence-electron chi connectivity index (χ1n) is 12.3. The van der Waals surface area contributed by atoms with Crippen LogP contribution in [-0.2, 0) is 9.53 Å². The third kappa shape index (κ3) is 4.03. The Hall–Kier alpha value is -2.75. The molecule has 0 saturated heterocycles. The second kappa shape index (κ2) is 9.61. The van der Waals surface area contributed by atoms with Gasteiger partial charge in [-0.15, -0.1) is 0 Å². The molecule has 3 heterocycles. The van der Waals surface area contributed by atoms with Crippen LogP contribution in [0.2, 0.25) is 0 Å². The number of esters is 1. The fraction of sp³-hybridized carbons (Fsp3) is 0.593. The Morgan fingerprint density at radius 2 is 1.97 bits per heavy atom. The van der Waals surface area contributed by atoms with Crippen LogP contribution in [0.4, 0.5) is 0 Å². The predicted molar refractivity (Wildman–Crippen MR) is 130 cm³/mol. The zero-order valence-electron chi connectivity index (χ0n) is 21.3. The van der Waals surface area contributed by atoms with E-state index in [1.165, 1.54) is 6.92 Å². The zero-order valence-corrected chi connectivity index (χ0v) is 21.3. The average Bonchev–Trinajstić information content (AvgIpc) is 2.84.